The van der Waals surface area contributed by atoms with E-state index >= 15 is 0 Å². The summed E-state index contributed by atoms with van der Waals surface area (Å²) in [5, 5.41) is 5.92. The zero-order valence-corrected chi connectivity index (χ0v) is 19.2. The number of nitrogens with zero attached hydrogens (tertiary/aromatic N) is 4. The molecule has 1 atom stereocenters. The molecule has 0 bridgehead atoms. The Bertz CT molecular complexity index is 1360. The van der Waals surface area contributed by atoms with Gasteiger partial charge in [-0.15, -0.1) is 0 Å². The molecule has 1 unspecified atom stereocenters. The number of carbonyl (C=O) groups excluding carboxylic acids is 1. The van der Waals surface area contributed by atoms with Crippen LogP contribution >= 0.6 is 0 Å². The number of fused-ring (bicyclic) bond motifs is 6. The Morgan fingerprint density at radius 2 is 1.94 bits per heavy atom. The topological polar surface area (TPSA) is 78.6 Å². The quantitative estimate of drug-likeness (QED) is 0.534. The van der Waals surface area contributed by atoms with Crippen LogP contribution in [0.1, 0.15) is 55.2 Å². The number of benzene rings is 1. The number of aromatic nitrogens is 3. The Labute approximate surface area is 194 Å². The minimum absolute atomic E-state index is 0.0425. The van der Waals surface area contributed by atoms with Crippen molar-refractivity contribution in [2.45, 2.75) is 44.8 Å². The fourth-order valence-corrected chi connectivity index (χ4v) is 5.12. The lowest BCUT2D eigenvalue weighted by molar-refractivity contribution is 0.0565. The van der Waals surface area contributed by atoms with Crippen molar-refractivity contribution in [3.05, 3.63) is 58.1 Å². The Morgan fingerprint density at radius 3 is 2.59 bits per heavy atom. The monoisotopic (exact) mass is 470 g/mol. The highest BCUT2D eigenvalue weighted by Gasteiger charge is 2.45. The van der Waals surface area contributed by atoms with Crippen LogP contribution in [-0.4, -0.2) is 40.2 Å². The minimum atomic E-state index is -2.74. The standard InChI is InChI=1S/C24H24F2N4O4/c1-24(2)6-5-18-15-7-14(13-10-27-28(11-13)23(25)26)21(33-3)8-16(15)19-9-20(31)17(22(32)34-4)12-29(19)30(18)24/h7-12,18,23H,5-6H2,1-4H3. The van der Waals surface area contributed by atoms with Crippen LogP contribution in [0.2, 0.25) is 0 Å². The molecule has 4 heterocycles. The number of hydrogen-bond acceptors (Lipinski definition) is 6. The number of hydrogen-bond donors (Lipinski definition) is 0. The second kappa shape index (κ2) is 7.68. The van der Waals surface area contributed by atoms with Crippen molar-refractivity contribution in [1.29, 1.82) is 0 Å². The Hall–Kier alpha value is -3.69. The van der Waals surface area contributed by atoms with E-state index < -0.39 is 17.9 Å². The third kappa shape index (κ3) is 3.19. The number of rotatable bonds is 4. The summed E-state index contributed by atoms with van der Waals surface area (Å²) < 4.78 is 39.1. The molecule has 1 aromatic carbocycles. The van der Waals surface area contributed by atoms with Crippen LogP contribution in [0.5, 0.6) is 5.75 Å². The van der Waals surface area contributed by atoms with Crippen molar-refractivity contribution in [2.24, 2.45) is 0 Å². The van der Waals surface area contributed by atoms with E-state index in [1.54, 1.807) is 6.20 Å². The van der Waals surface area contributed by atoms with Crippen LogP contribution < -0.4 is 15.2 Å². The van der Waals surface area contributed by atoms with Gasteiger partial charge in [0.25, 0.3) is 0 Å². The fourth-order valence-electron chi connectivity index (χ4n) is 5.12. The average Bonchev–Trinajstić information content (AvgIpc) is 3.42. The number of esters is 1. The molecule has 2 aromatic heterocycles. The maximum Gasteiger partial charge on any atom is 0.343 e. The first-order chi connectivity index (χ1) is 16.2. The van der Waals surface area contributed by atoms with Gasteiger partial charge in [0.15, 0.2) is 5.43 Å². The third-order valence-corrected chi connectivity index (χ3v) is 6.73. The van der Waals surface area contributed by atoms with Gasteiger partial charge in [0, 0.05) is 35.2 Å². The average molecular weight is 470 g/mol. The zero-order chi connectivity index (χ0) is 24.4. The lowest BCUT2D eigenvalue weighted by Gasteiger charge is -2.44. The number of ether oxygens (including phenoxy) is 2. The van der Waals surface area contributed by atoms with E-state index in [1.165, 1.54) is 32.7 Å². The molecular weight excluding hydrogens is 446 g/mol. The van der Waals surface area contributed by atoms with E-state index in [2.05, 4.69) is 24.0 Å². The predicted octanol–water partition coefficient (Wildman–Crippen LogP) is 4.13. The molecule has 34 heavy (non-hydrogen) atoms. The second-order valence-electron chi connectivity index (χ2n) is 9.11. The maximum atomic E-state index is 13.1. The molecule has 0 radical (unpaired) electrons. The van der Waals surface area contributed by atoms with Crippen LogP contribution in [0.25, 0.3) is 22.4 Å². The smallest absolute Gasteiger partial charge is 0.343 e. The summed E-state index contributed by atoms with van der Waals surface area (Å²) in [6, 6.07) is 5.13. The Morgan fingerprint density at radius 1 is 1.18 bits per heavy atom. The molecule has 0 spiro atoms. The van der Waals surface area contributed by atoms with Crippen LogP contribution in [-0.2, 0) is 4.74 Å². The number of pyridine rings is 1. The molecule has 8 nitrogen and oxygen atoms in total. The largest absolute Gasteiger partial charge is 0.496 e. The summed E-state index contributed by atoms with van der Waals surface area (Å²) >= 11 is 0. The van der Waals surface area contributed by atoms with Crippen LogP contribution in [0, 0.1) is 0 Å². The van der Waals surface area contributed by atoms with E-state index in [4.69, 9.17) is 9.47 Å². The van der Waals surface area contributed by atoms with Crippen LogP contribution in [0.15, 0.2) is 41.6 Å². The lowest BCUT2D eigenvalue weighted by Crippen LogP contribution is -2.50. The van der Waals surface area contributed by atoms with Crippen molar-refractivity contribution in [1.82, 2.24) is 14.5 Å². The predicted molar refractivity (Wildman–Crippen MR) is 121 cm³/mol. The Kier molecular flexibility index (Phi) is 5.00. The van der Waals surface area contributed by atoms with Gasteiger partial charge in [-0.3, -0.25) is 14.5 Å². The normalized spacial score (nSPS) is 17.9. The number of methoxy groups -OCH3 is 2. The number of alkyl halides is 2. The molecule has 0 saturated carbocycles. The van der Waals surface area contributed by atoms with Crippen LogP contribution in [0.4, 0.5) is 8.78 Å². The second-order valence-corrected chi connectivity index (χ2v) is 9.11. The lowest BCUT2D eigenvalue weighted by atomic mass is 9.90. The summed E-state index contributed by atoms with van der Waals surface area (Å²) in [7, 11) is 2.75. The summed E-state index contributed by atoms with van der Waals surface area (Å²) in [6.45, 7) is 1.47. The summed E-state index contributed by atoms with van der Waals surface area (Å²) in [4.78, 5) is 25.1. The molecule has 3 aromatic rings. The van der Waals surface area contributed by atoms with Gasteiger partial charge in [-0.1, -0.05) is 0 Å². The molecule has 0 N–H and O–H groups in total. The summed E-state index contributed by atoms with van der Waals surface area (Å²) in [6.07, 6.45) is 5.92. The van der Waals surface area contributed by atoms with Gasteiger partial charge in [-0.05, 0) is 44.4 Å². The van der Waals surface area contributed by atoms with Gasteiger partial charge >= 0.3 is 12.5 Å². The van der Waals surface area contributed by atoms with Crippen LogP contribution in [0.3, 0.4) is 0 Å². The number of carbonyl (C=O) groups is 1. The molecule has 10 heteroatoms. The SMILES string of the molecule is COC(=O)c1cn2c(cc1=O)-c1cc(OC)c(-c3cnn(C(F)F)c3)cc1C1CCC(C)(C)N12. The minimum Gasteiger partial charge on any atom is -0.496 e. The molecule has 1 saturated heterocycles. The zero-order valence-electron chi connectivity index (χ0n) is 19.2. The molecule has 2 aliphatic heterocycles. The highest BCUT2D eigenvalue weighted by Crippen LogP contribution is 2.50. The van der Waals surface area contributed by atoms with Crippen molar-refractivity contribution < 1.29 is 23.0 Å². The van der Waals surface area contributed by atoms with Gasteiger partial charge in [0.2, 0.25) is 0 Å². The maximum absolute atomic E-state index is 13.1. The highest BCUT2D eigenvalue weighted by molar-refractivity contribution is 5.90. The van der Waals surface area contributed by atoms with Crippen molar-refractivity contribution in [2.75, 3.05) is 19.2 Å². The van der Waals surface area contributed by atoms with Gasteiger partial charge in [0.1, 0.15) is 11.3 Å². The van der Waals surface area contributed by atoms with Gasteiger partial charge < -0.3 is 9.47 Å². The third-order valence-electron chi connectivity index (χ3n) is 6.73. The summed E-state index contributed by atoms with van der Waals surface area (Å²) in [5.74, 6) is -0.224. The number of halogens is 2. The molecule has 0 aliphatic carbocycles. The molecule has 178 valence electrons. The van der Waals surface area contributed by atoms with Crippen molar-refractivity contribution in [3.8, 4) is 28.1 Å². The van der Waals surface area contributed by atoms with E-state index in [0.717, 1.165) is 24.0 Å². The Balaban J connectivity index is 1.77. The van der Waals surface area contributed by atoms with Crippen molar-refractivity contribution >= 4 is 5.97 Å². The van der Waals surface area contributed by atoms with Gasteiger partial charge in [-0.25, -0.2) is 9.48 Å². The van der Waals surface area contributed by atoms with E-state index in [1.807, 2.05) is 16.8 Å². The molecule has 5 rings (SSSR count). The van der Waals surface area contributed by atoms with Crippen molar-refractivity contribution in [3.63, 3.8) is 0 Å². The van der Waals surface area contributed by atoms with E-state index in [9.17, 15) is 18.4 Å². The van der Waals surface area contributed by atoms with E-state index in [-0.39, 0.29) is 17.1 Å². The van der Waals surface area contributed by atoms with Gasteiger partial charge in [-0.2, -0.15) is 13.9 Å². The first-order valence-electron chi connectivity index (χ1n) is 10.9. The fraction of sp³-hybridized carbons (Fsp3) is 0.375. The molecule has 2 aliphatic rings. The van der Waals surface area contributed by atoms with Gasteiger partial charge in [0.05, 0.1) is 37.7 Å². The summed E-state index contributed by atoms with van der Waals surface area (Å²) in [5.41, 5.74) is 2.75. The molecular formula is C24H24F2N4O4. The first kappa shape index (κ1) is 22.1. The molecule has 0 amide bonds. The van der Waals surface area contributed by atoms with E-state index in [0.29, 0.717) is 27.3 Å². The first-order valence-corrected chi connectivity index (χ1v) is 10.9. The highest BCUT2D eigenvalue weighted by atomic mass is 19.3. The molecule has 1 fully saturated rings.